The predicted molar refractivity (Wildman–Crippen MR) is 75.9 cm³/mol. The Labute approximate surface area is 127 Å². The van der Waals surface area contributed by atoms with Crippen LogP contribution in [0.25, 0.3) is 0 Å². The van der Waals surface area contributed by atoms with Gasteiger partial charge in [-0.1, -0.05) is 11.6 Å². The molecule has 0 spiro atoms. The van der Waals surface area contributed by atoms with E-state index in [4.69, 9.17) is 16.9 Å². The molecule has 0 aliphatic heterocycles. The van der Waals surface area contributed by atoms with E-state index in [2.05, 4.69) is 15.2 Å². The van der Waals surface area contributed by atoms with Gasteiger partial charge in [-0.05, 0) is 25.1 Å². The molecule has 21 heavy (non-hydrogen) atoms. The minimum Gasteiger partial charge on any atom is -0.263 e. The minimum atomic E-state index is -3.86. The summed E-state index contributed by atoms with van der Waals surface area (Å²) in [6, 6.07) is 5.95. The van der Waals surface area contributed by atoms with E-state index in [9.17, 15) is 8.42 Å². The summed E-state index contributed by atoms with van der Waals surface area (Å²) in [5.41, 5.74) is 0.0393. The number of nitrogens with zero attached hydrogens (tertiary/aromatic N) is 4. The quantitative estimate of drug-likeness (QED) is 0.916. The zero-order chi connectivity index (χ0) is 15.6. The molecule has 0 saturated heterocycles. The summed E-state index contributed by atoms with van der Waals surface area (Å²) < 4.78 is 26.1. The number of hydrogen-bond acceptors (Lipinski definition) is 5. The molecule has 0 atom stereocenters. The van der Waals surface area contributed by atoms with E-state index in [1.807, 2.05) is 6.07 Å². The van der Waals surface area contributed by atoms with Crippen molar-refractivity contribution in [1.29, 1.82) is 5.26 Å². The zero-order valence-corrected chi connectivity index (χ0v) is 12.9. The third-order valence-corrected chi connectivity index (χ3v) is 4.84. The number of halogens is 1. The molecule has 1 aromatic heterocycles. The van der Waals surface area contributed by atoms with Gasteiger partial charge in [0.1, 0.15) is 16.8 Å². The van der Waals surface area contributed by atoms with Crippen LogP contribution >= 0.6 is 11.6 Å². The molecule has 1 aromatic carbocycles. The van der Waals surface area contributed by atoms with E-state index >= 15 is 0 Å². The van der Waals surface area contributed by atoms with Crippen LogP contribution in [0.2, 0.25) is 5.02 Å². The molecule has 110 valence electrons. The fraction of sp³-hybridized carbons (Fsp3) is 0.250. The highest BCUT2D eigenvalue weighted by atomic mass is 35.5. The first-order chi connectivity index (χ1) is 9.84. The molecule has 0 fully saturated rings. The topological polar surface area (TPSA) is 103 Å². The number of H-pyrrole nitrogens is 1. The lowest BCUT2D eigenvalue weighted by atomic mass is 10.2. The molecular weight excluding hydrogens is 314 g/mol. The maximum Gasteiger partial charge on any atom is 0.244 e. The van der Waals surface area contributed by atoms with E-state index in [0.717, 1.165) is 4.31 Å². The lowest BCUT2D eigenvalue weighted by molar-refractivity contribution is 0.457. The molecule has 0 bridgehead atoms. The first-order valence-electron chi connectivity index (χ1n) is 5.88. The highest BCUT2D eigenvalue weighted by Gasteiger charge is 2.25. The second kappa shape index (κ2) is 5.81. The van der Waals surface area contributed by atoms with Crippen molar-refractivity contribution in [3.05, 3.63) is 40.4 Å². The lowest BCUT2D eigenvalue weighted by Gasteiger charge is -2.16. The van der Waals surface area contributed by atoms with Gasteiger partial charge in [-0.15, -0.1) is 0 Å². The third kappa shape index (κ3) is 3.21. The van der Waals surface area contributed by atoms with Gasteiger partial charge in [0, 0.05) is 12.1 Å². The molecule has 1 N–H and O–H groups in total. The van der Waals surface area contributed by atoms with Crippen LogP contribution in [0.4, 0.5) is 0 Å². The number of aromatic amines is 1. The van der Waals surface area contributed by atoms with Crippen molar-refractivity contribution in [1.82, 2.24) is 19.5 Å². The smallest absolute Gasteiger partial charge is 0.244 e. The summed E-state index contributed by atoms with van der Waals surface area (Å²) in [7, 11) is -2.47. The Morgan fingerprint density at radius 1 is 1.48 bits per heavy atom. The fourth-order valence-electron chi connectivity index (χ4n) is 1.71. The monoisotopic (exact) mass is 325 g/mol. The van der Waals surface area contributed by atoms with Crippen molar-refractivity contribution in [2.24, 2.45) is 0 Å². The Morgan fingerprint density at radius 3 is 2.76 bits per heavy atom. The van der Waals surface area contributed by atoms with Crippen LogP contribution in [-0.4, -0.2) is 35.0 Å². The van der Waals surface area contributed by atoms with Crippen molar-refractivity contribution >= 4 is 21.6 Å². The van der Waals surface area contributed by atoms with Gasteiger partial charge in [0.2, 0.25) is 10.0 Å². The van der Waals surface area contributed by atoms with E-state index in [-0.39, 0.29) is 22.0 Å². The first-order valence-corrected chi connectivity index (χ1v) is 7.70. The number of sulfonamides is 1. The largest absolute Gasteiger partial charge is 0.263 e. The number of nitrogens with one attached hydrogen (secondary N) is 1. The first kappa shape index (κ1) is 15.4. The summed E-state index contributed by atoms with van der Waals surface area (Å²) in [6.45, 7) is 1.71. The van der Waals surface area contributed by atoms with Gasteiger partial charge in [0.25, 0.3) is 0 Å². The van der Waals surface area contributed by atoms with E-state index in [1.54, 1.807) is 6.92 Å². The molecular formula is C12H12ClN5O2S. The highest BCUT2D eigenvalue weighted by Crippen LogP contribution is 2.23. The SMILES string of the molecule is Cc1nc(CN(C)S(=O)(=O)c2cc(Cl)ccc2C#N)n[nH]1. The van der Waals surface area contributed by atoms with Gasteiger partial charge in [0.15, 0.2) is 5.82 Å². The lowest BCUT2D eigenvalue weighted by Crippen LogP contribution is -2.27. The average molecular weight is 326 g/mol. The zero-order valence-electron chi connectivity index (χ0n) is 11.3. The number of hydrogen-bond donors (Lipinski definition) is 1. The van der Waals surface area contributed by atoms with Gasteiger partial charge in [-0.3, -0.25) is 5.10 Å². The maximum absolute atomic E-state index is 12.5. The third-order valence-electron chi connectivity index (χ3n) is 2.76. The Bertz CT molecular complexity index is 809. The molecule has 7 nitrogen and oxygen atoms in total. The summed E-state index contributed by atoms with van der Waals surface area (Å²) in [5.74, 6) is 0.940. The van der Waals surface area contributed by atoms with Gasteiger partial charge in [0.05, 0.1) is 12.1 Å². The van der Waals surface area contributed by atoms with Crippen LogP contribution in [0, 0.1) is 18.3 Å². The normalized spacial score (nSPS) is 11.6. The molecule has 1 heterocycles. The molecule has 0 aliphatic rings. The Morgan fingerprint density at radius 2 is 2.19 bits per heavy atom. The molecule has 2 aromatic rings. The van der Waals surface area contributed by atoms with Crippen LogP contribution in [0.1, 0.15) is 17.2 Å². The maximum atomic E-state index is 12.5. The number of rotatable bonds is 4. The van der Waals surface area contributed by atoms with Gasteiger partial charge in [-0.25, -0.2) is 13.4 Å². The van der Waals surface area contributed by atoms with Gasteiger partial charge in [-0.2, -0.15) is 14.7 Å². The second-order valence-corrected chi connectivity index (χ2v) is 6.80. The summed E-state index contributed by atoms with van der Waals surface area (Å²) in [5, 5.41) is 15.8. The fourth-order valence-corrected chi connectivity index (χ4v) is 3.24. The van der Waals surface area contributed by atoms with Crippen LogP contribution in [0.3, 0.4) is 0 Å². The average Bonchev–Trinajstić information content (AvgIpc) is 2.84. The molecule has 0 unspecified atom stereocenters. The van der Waals surface area contributed by atoms with Crippen LogP contribution < -0.4 is 0 Å². The standard InChI is InChI=1S/C12H12ClN5O2S/c1-8-15-12(17-16-8)7-18(2)21(19,20)11-5-10(13)4-3-9(11)6-14/h3-5H,7H2,1-2H3,(H,15,16,17). The van der Waals surface area contributed by atoms with Crippen LogP contribution in [0.5, 0.6) is 0 Å². The molecule has 0 saturated carbocycles. The van der Waals surface area contributed by atoms with Gasteiger partial charge >= 0.3 is 0 Å². The van der Waals surface area contributed by atoms with Crippen molar-refractivity contribution in [3.8, 4) is 6.07 Å². The summed E-state index contributed by atoms with van der Waals surface area (Å²) in [4.78, 5) is 3.92. The molecule has 0 radical (unpaired) electrons. The molecule has 0 aliphatic carbocycles. The van der Waals surface area contributed by atoms with E-state index in [1.165, 1.54) is 25.2 Å². The van der Waals surface area contributed by atoms with Crippen molar-refractivity contribution < 1.29 is 8.42 Å². The summed E-state index contributed by atoms with van der Waals surface area (Å²) >= 11 is 5.83. The number of nitriles is 1. The highest BCUT2D eigenvalue weighted by molar-refractivity contribution is 7.89. The Hall–Kier alpha value is -1.95. The van der Waals surface area contributed by atoms with Crippen LogP contribution in [-0.2, 0) is 16.6 Å². The molecule has 2 rings (SSSR count). The minimum absolute atomic E-state index is 0.00987. The van der Waals surface area contributed by atoms with Crippen LogP contribution in [0.15, 0.2) is 23.1 Å². The van der Waals surface area contributed by atoms with Crippen molar-refractivity contribution in [2.75, 3.05) is 7.05 Å². The van der Waals surface area contributed by atoms with Gasteiger partial charge < -0.3 is 0 Å². The summed E-state index contributed by atoms with van der Waals surface area (Å²) in [6.07, 6.45) is 0. The predicted octanol–water partition coefficient (Wildman–Crippen LogP) is 1.46. The van der Waals surface area contributed by atoms with E-state index in [0.29, 0.717) is 11.6 Å². The Balaban J connectivity index is 2.38. The number of aromatic nitrogens is 3. The van der Waals surface area contributed by atoms with Crippen molar-refractivity contribution in [2.45, 2.75) is 18.4 Å². The molecule has 9 heteroatoms. The number of benzene rings is 1. The van der Waals surface area contributed by atoms with E-state index < -0.39 is 10.0 Å². The molecule has 0 amide bonds. The second-order valence-electron chi connectivity index (χ2n) is 4.35. The van der Waals surface area contributed by atoms with Crippen molar-refractivity contribution in [3.63, 3.8) is 0 Å². The Kier molecular flexibility index (Phi) is 4.27. The number of aryl methyl sites for hydroxylation is 1.